The summed E-state index contributed by atoms with van der Waals surface area (Å²) in [7, 11) is 0. The summed E-state index contributed by atoms with van der Waals surface area (Å²) in [4.78, 5) is 5.92. The molecule has 2 nitrogen and oxygen atoms in total. The fourth-order valence-corrected chi connectivity index (χ4v) is 3.57. The molecule has 0 aliphatic carbocycles. The Bertz CT molecular complexity index is 853. The number of hydrogen-bond acceptors (Lipinski definition) is 2. The third-order valence-corrected chi connectivity index (χ3v) is 4.72. The topological polar surface area (TPSA) is 16.8 Å². The van der Waals surface area contributed by atoms with Crippen molar-refractivity contribution in [1.29, 1.82) is 0 Å². The predicted octanol–water partition coefficient (Wildman–Crippen LogP) is 4.81. The Morgan fingerprint density at radius 2 is 2.05 bits per heavy atom. The molecule has 22 heavy (non-hydrogen) atoms. The van der Waals surface area contributed by atoms with Crippen molar-refractivity contribution >= 4 is 39.6 Å². The molecule has 2 heterocycles. The van der Waals surface area contributed by atoms with Crippen molar-refractivity contribution in [3.63, 3.8) is 0 Å². The molecule has 2 aromatic heterocycles. The second-order valence-corrected chi connectivity index (χ2v) is 6.77. The average Bonchev–Trinajstić information content (AvgIpc) is 2.54. The van der Waals surface area contributed by atoms with Gasteiger partial charge in [-0.1, -0.05) is 13.0 Å². The Labute approximate surface area is 135 Å². The van der Waals surface area contributed by atoms with Gasteiger partial charge in [0, 0.05) is 29.8 Å². The summed E-state index contributed by atoms with van der Waals surface area (Å²) in [6, 6.07) is 12.9. The SMILES string of the molecule is CCS/C(C)=C\c1ccc2c3ncccc3ccc2[n+]1CC. The summed E-state index contributed by atoms with van der Waals surface area (Å²) >= 11 is 1.89. The van der Waals surface area contributed by atoms with E-state index in [0.29, 0.717) is 0 Å². The van der Waals surface area contributed by atoms with Gasteiger partial charge in [-0.2, -0.15) is 4.57 Å². The lowest BCUT2D eigenvalue weighted by molar-refractivity contribution is -0.669. The molecule has 0 spiro atoms. The fourth-order valence-electron chi connectivity index (χ4n) is 2.91. The van der Waals surface area contributed by atoms with E-state index < -0.39 is 0 Å². The van der Waals surface area contributed by atoms with E-state index in [0.717, 1.165) is 17.8 Å². The largest absolute Gasteiger partial charge is 0.255 e. The zero-order valence-corrected chi connectivity index (χ0v) is 14.2. The van der Waals surface area contributed by atoms with Crippen molar-refractivity contribution in [2.75, 3.05) is 5.75 Å². The van der Waals surface area contributed by atoms with Gasteiger partial charge >= 0.3 is 0 Å². The van der Waals surface area contributed by atoms with Crippen molar-refractivity contribution in [3.8, 4) is 0 Å². The number of fused-ring (bicyclic) bond motifs is 3. The maximum Gasteiger partial charge on any atom is 0.215 e. The molecule has 0 aliphatic rings. The Hall–Kier alpha value is -1.87. The molecule has 0 bridgehead atoms. The number of aromatic nitrogens is 2. The van der Waals surface area contributed by atoms with E-state index in [1.807, 2.05) is 24.0 Å². The van der Waals surface area contributed by atoms with Gasteiger partial charge < -0.3 is 0 Å². The van der Waals surface area contributed by atoms with Crippen LogP contribution in [0.3, 0.4) is 0 Å². The summed E-state index contributed by atoms with van der Waals surface area (Å²) in [5, 5.41) is 2.41. The number of aryl methyl sites for hydroxylation is 1. The van der Waals surface area contributed by atoms with Crippen LogP contribution in [-0.4, -0.2) is 10.7 Å². The van der Waals surface area contributed by atoms with Crippen LogP contribution in [0.5, 0.6) is 0 Å². The van der Waals surface area contributed by atoms with E-state index in [1.54, 1.807) is 0 Å². The minimum atomic E-state index is 0.950. The lowest BCUT2D eigenvalue weighted by atomic mass is 10.1. The minimum absolute atomic E-state index is 0.950. The van der Waals surface area contributed by atoms with E-state index in [2.05, 4.69) is 66.7 Å². The molecule has 0 atom stereocenters. The second-order valence-electron chi connectivity index (χ2n) is 5.26. The first-order valence-corrected chi connectivity index (χ1v) is 8.74. The number of hydrogen-bond donors (Lipinski definition) is 0. The maximum absolute atomic E-state index is 4.57. The lowest BCUT2D eigenvalue weighted by Gasteiger charge is -2.06. The quantitative estimate of drug-likeness (QED) is 0.508. The first-order chi connectivity index (χ1) is 10.7. The van der Waals surface area contributed by atoms with Crippen LogP contribution in [-0.2, 0) is 6.54 Å². The molecule has 3 aromatic rings. The lowest BCUT2D eigenvalue weighted by Crippen LogP contribution is -2.36. The van der Waals surface area contributed by atoms with Crippen LogP contribution >= 0.6 is 11.8 Å². The van der Waals surface area contributed by atoms with Crippen LogP contribution in [0.15, 0.2) is 47.5 Å². The van der Waals surface area contributed by atoms with Crippen LogP contribution in [0.25, 0.3) is 27.9 Å². The zero-order chi connectivity index (χ0) is 15.5. The third kappa shape index (κ3) is 2.73. The van der Waals surface area contributed by atoms with Crippen LogP contribution in [0.1, 0.15) is 26.5 Å². The second kappa shape index (κ2) is 6.49. The summed E-state index contributed by atoms with van der Waals surface area (Å²) in [5.41, 5.74) is 3.58. The first kappa shape index (κ1) is 15.0. The molecular weight excluding hydrogens is 288 g/mol. The predicted molar refractivity (Wildman–Crippen MR) is 96.9 cm³/mol. The molecular formula is C19H21N2S+. The van der Waals surface area contributed by atoms with Crippen molar-refractivity contribution in [3.05, 3.63) is 53.2 Å². The number of pyridine rings is 2. The van der Waals surface area contributed by atoms with Gasteiger partial charge in [0.1, 0.15) is 6.54 Å². The third-order valence-electron chi connectivity index (χ3n) is 3.85. The Morgan fingerprint density at radius 3 is 2.82 bits per heavy atom. The molecule has 3 rings (SSSR count). The highest BCUT2D eigenvalue weighted by atomic mass is 32.2. The Balaban J connectivity index is 2.26. The van der Waals surface area contributed by atoms with E-state index >= 15 is 0 Å². The average molecular weight is 309 g/mol. The number of allylic oxidation sites excluding steroid dienone is 1. The maximum atomic E-state index is 4.57. The number of benzene rings is 1. The van der Waals surface area contributed by atoms with Gasteiger partial charge in [-0.05, 0) is 42.7 Å². The smallest absolute Gasteiger partial charge is 0.215 e. The van der Waals surface area contributed by atoms with E-state index in [4.69, 9.17) is 0 Å². The van der Waals surface area contributed by atoms with Crippen LogP contribution < -0.4 is 4.57 Å². The highest BCUT2D eigenvalue weighted by Crippen LogP contribution is 2.23. The molecule has 0 fully saturated rings. The van der Waals surface area contributed by atoms with Crippen molar-refractivity contribution < 1.29 is 4.57 Å². The standard InChI is InChI=1S/C19H21N2S/c1-4-21-16(13-14(3)22-5-2)9-10-17-18(21)11-8-15-7-6-12-20-19(15)17/h6-13H,4-5H2,1-3H3/q+1/b14-13-. The van der Waals surface area contributed by atoms with Crippen LogP contribution in [0.2, 0.25) is 0 Å². The molecule has 0 saturated heterocycles. The van der Waals surface area contributed by atoms with Gasteiger partial charge in [0.25, 0.3) is 0 Å². The summed E-state index contributed by atoms with van der Waals surface area (Å²) < 4.78 is 2.36. The molecule has 0 aliphatic heterocycles. The zero-order valence-electron chi connectivity index (χ0n) is 13.3. The molecule has 0 amide bonds. The fraction of sp³-hybridized carbons (Fsp3) is 0.263. The van der Waals surface area contributed by atoms with Gasteiger partial charge in [-0.3, -0.25) is 4.98 Å². The van der Waals surface area contributed by atoms with E-state index in [1.165, 1.54) is 26.9 Å². The number of rotatable bonds is 4. The van der Waals surface area contributed by atoms with E-state index in [9.17, 15) is 0 Å². The van der Waals surface area contributed by atoms with Gasteiger partial charge in [0.2, 0.25) is 11.2 Å². The Kier molecular flexibility index (Phi) is 4.44. The van der Waals surface area contributed by atoms with Crippen LogP contribution in [0, 0.1) is 0 Å². The van der Waals surface area contributed by atoms with Gasteiger partial charge in [-0.25, -0.2) is 0 Å². The molecule has 0 radical (unpaired) electrons. The van der Waals surface area contributed by atoms with E-state index in [-0.39, 0.29) is 0 Å². The summed E-state index contributed by atoms with van der Waals surface area (Å²) in [5.74, 6) is 1.11. The number of thioether (sulfide) groups is 1. The molecule has 3 heteroatoms. The van der Waals surface area contributed by atoms with Crippen molar-refractivity contribution in [2.24, 2.45) is 0 Å². The van der Waals surface area contributed by atoms with Gasteiger partial charge in [0.05, 0.1) is 10.9 Å². The molecule has 112 valence electrons. The molecule has 0 unspecified atom stereocenters. The molecule has 1 aromatic carbocycles. The molecule has 0 N–H and O–H groups in total. The van der Waals surface area contributed by atoms with Gasteiger partial charge in [-0.15, -0.1) is 11.8 Å². The number of nitrogens with zero attached hydrogens (tertiary/aromatic N) is 2. The highest BCUT2D eigenvalue weighted by molar-refractivity contribution is 8.03. The van der Waals surface area contributed by atoms with Crippen LogP contribution in [0.4, 0.5) is 0 Å². The van der Waals surface area contributed by atoms with Crippen molar-refractivity contribution in [2.45, 2.75) is 27.3 Å². The first-order valence-electron chi connectivity index (χ1n) is 7.76. The summed E-state index contributed by atoms with van der Waals surface area (Å²) in [6.07, 6.45) is 4.15. The monoisotopic (exact) mass is 309 g/mol. The summed E-state index contributed by atoms with van der Waals surface area (Å²) in [6.45, 7) is 7.52. The normalized spacial score (nSPS) is 12.2. The van der Waals surface area contributed by atoms with Gasteiger partial charge in [0.15, 0.2) is 0 Å². The van der Waals surface area contributed by atoms with Crippen molar-refractivity contribution in [1.82, 2.24) is 4.98 Å². The minimum Gasteiger partial charge on any atom is -0.255 e. The molecule has 0 saturated carbocycles. The highest BCUT2D eigenvalue weighted by Gasteiger charge is 2.15. The Morgan fingerprint density at radius 1 is 1.18 bits per heavy atom.